The maximum absolute atomic E-state index is 12.9. The summed E-state index contributed by atoms with van der Waals surface area (Å²) < 4.78 is 0. The zero-order valence-corrected chi connectivity index (χ0v) is 15.0. The Morgan fingerprint density at radius 3 is 2.59 bits per heavy atom. The monoisotopic (exact) mass is 365 g/mol. The number of pyridine rings is 1. The van der Waals surface area contributed by atoms with E-state index in [1.54, 1.807) is 6.07 Å². The van der Waals surface area contributed by atoms with Crippen LogP contribution in [0.3, 0.4) is 0 Å². The van der Waals surface area contributed by atoms with E-state index in [0.717, 1.165) is 10.9 Å². The Hall–Kier alpha value is -3.48. The minimum atomic E-state index is -0.537. The fourth-order valence-electron chi connectivity index (χ4n) is 2.90. The lowest BCUT2D eigenvalue weighted by atomic mass is 10.1. The highest BCUT2D eigenvalue weighted by Gasteiger charge is 2.22. The van der Waals surface area contributed by atoms with Gasteiger partial charge in [-0.3, -0.25) is 19.7 Å². The second kappa shape index (κ2) is 7.41. The summed E-state index contributed by atoms with van der Waals surface area (Å²) >= 11 is 0. The summed E-state index contributed by atoms with van der Waals surface area (Å²) in [6, 6.07) is 14.6. The average molecular weight is 365 g/mol. The third-order valence-corrected chi connectivity index (χ3v) is 4.36. The highest BCUT2D eigenvalue weighted by Crippen LogP contribution is 2.18. The quantitative estimate of drug-likeness (QED) is 0.553. The van der Waals surface area contributed by atoms with Gasteiger partial charge in [0.2, 0.25) is 0 Å². The number of amides is 1. The molecular formula is C20H19N3O4. The summed E-state index contributed by atoms with van der Waals surface area (Å²) in [5.74, 6) is -0.360. The summed E-state index contributed by atoms with van der Waals surface area (Å²) in [6.45, 7) is 3.79. The van der Waals surface area contributed by atoms with Crippen LogP contribution in [0.2, 0.25) is 0 Å². The number of nitrogens with one attached hydrogen (secondary N) is 1. The number of nitrogens with zero attached hydrogens (tertiary/aromatic N) is 2. The molecule has 7 nitrogen and oxygen atoms in total. The number of carbonyl (C=O) groups is 1. The van der Waals surface area contributed by atoms with Gasteiger partial charge in [0.05, 0.1) is 11.5 Å². The first-order chi connectivity index (χ1) is 12.9. The molecule has 0 unspecified atom stereocenters. The molecule has 0 saturated carbocycles. The first-order valence-electron chi connectivity index (χ1n) is 8.53. The number of carbonyl (C=O) groups excluding carboxylic acids is 1. The first kappa shape index (κ1) is 18.3. The summed E-state index contributed by atoms with van der Waals surface area (Å²) in [5.41, 5.74) is 1.00. The number of aromatic nitrogens is 1. The standard InChI is InChI=1S/C20H19N3O4/c1-13(2)22(20(25)15-7-5-8-17(11-15)23(26)27)12-16-10-14-6-3-4-9-18(14)21-19(16)24/h3-11,13H,12H2,1-2H3,(H,21,24). The lowest BCUT2D eigenvalue weighted by Crippen LogP contribution is -2.38. The summed E-state index contributed by atoms with van der Waals surface area (Å²) in [5, 5.41) is 11.8. The van der Waals surface area contributed by atoms with E-state index in [-0.39, 0.29) is 35.3 Å². The Bertz CT molecular complexity index is 1070. The molecule has 27 heavy (non-hydrogen) atoms. The van der Waals surface area contributed by atoms with E-state index in [0.29, 0.717) is 5.56 Å². The Morgan fingerprint density at radius 1 is 1.15 bits per heavy atom. The Balaban J connectivity index is 1.96. The Morgan fingerprint density at radius 2 is 1.89 bits per heavy atom. The van der Waals surface area contributed by atoms with Gasteiger partial charge in [-0.2, -0.15) is 0 Å². The predicted octanol–water partition coefficient (Wildman–Crippen LogP) is 3.49. The SMILES string of the molecule is CC(C)N(Cc1cc2ccccc2[nH]c1=O)C(=O)c1cccc([N+](=O)[O-])c1. The highest BCUT2D eigenvalue weighted by atomic mass is 16.6. The van der Waals surface area contributed by atoms with Crippen molar-refractivity contribution in [3.63, 3.8) is 0 Å². The zero-order chi connectivity index (χ0) is 19.6. The van der Waals surface area contributed by atoms with Gasteiger partial charge in [-0.1, -0.05) is 24.3 Å². The number of hydrogen-bond donors (Lipinski definition) is 1. The van der Waals surface area contributed by atoms with Gasteiger partial charge >= 0.3 is 0 Å². The number of nitro groups is 1. The second-order valence-corrected chi connectivity index (χ2v) is 6.55. The predicted molar refractivity (Wildman–Crippen MR) is 103 cm³/mol. The fraction of sp³-hybridized carbons (Fsp3) is 0.200. The van der Waals surface area contributed by atoms with Gasteiger partial charge in [-0.05, 0) is 37.4 Å². The maximum Gasteiger partial charge on any atom is 0.270 e. The normalized spacial score (nSPS) is 10.9. The van der Waals surface area contributed by atoms with Gasteiger partial charge in [0.25, 0.3) is 17.2 Å². The molecule has 7 heteroatoms. The van der Waals surface area contributed by atoms with E-state index in [4.69, 9.17) is 0 Å². The van der Waals surface area contributed by atoms with E-state index in [2.05, 4.69) is 4.98 Å². The summed E-state index contributed by atoms with van der Waals surface area (Å²) in [6.07, 6.45) is 0. The first-order valence-corrected chi connectivity index (χ1v) is 8.53. The van der Waals surface area contributed by atoms with Crippen LogP contribution in [0, 0.1) is 10.1 Å². The van der Waals surface area contributed by atoms with Gasteiger partial charge in [0, 0.05) is 34.8 Å². The number of H-pyrrole nitrogens is 1. The number of non-ortho nitro benzene ring substituents is 1. The molecule has 138 valence electrons. The van der Waals surface area contributed by atoms with Crippen molar-refractivity contribution in [3.05, 3.63) is 86.2 Å². The van der Waals surface area contributed by atoms with Crippen LogP contribution in [0.15, 0.2) is 59.4 Å². The molecule has 3 aromatic rings. The molecule has 0 bridgehead atoms. The third kappa shape index (κ3) is 3.87. The van der Waals surface area contributed by atoms with Crippen LogP contribution in [-0.4, -0.2) is 26.8 Å². The van der Waals surface area contributed by atoms with Crippen molar-refractivity contribution in [2.75, 3.05) is 0 Å². The maximum atomic E-state index is 12.9. The number of rotatable bonds is 5. The largest absolute Gasteiger partial charge is 0.332 e. The van der Waals surface area contributed by atoms with E-state index in [1.165, 1.54) is 29.2 Å². The lowest BCUT2D eigenvalue weighted by Gasteiger charge is -2.26. The molecule has 0 radical (unpaired) electrons. The topological polar surface area (TPSA) is 96.3 Å². The van der Waals surface area contributed by atoms with Crippen LogP contribution in [-0.2, 0) is 6.54 Å². The molecule has 1 N–H and O–H groups in total. The molecule has 0 atom stereocenters. The molecule has 1 aromatic heterocycles. The minimum Gasteiger partial charge on any atom is -0.332 e. The van der Waals surface area contributed by atoms with Crippen LogP contribution in [0.25, 0.3) is 10.9 Å². The Labute approximate surface area is 155 Å². The zero-order valence-electron chi connectivity index (χ0n) is 15.0. The third-order valence-electron chi connectivity index (χ3n) is 4.36. The van der Waals surface area contributed by atoms with E-state index in [1.807, 2.05) is 38.1 Å². The van der Waals surface area contributed by atoms with Crippen LogP contribution in [0.1, 0.15) is 29.8 Å². The molecule has 0 aliphatic rings. The second-order valence-electron chi connectivity index (χ2n) is 6.55. The molecule has 3 rings (SSSR count). The van der Waals surface area contributed by atoms with Crippen molar-refractivity contribution in [3.8, 4) is 0 Å². The highest BCUT2D eigenvalue weighted by molar-refractivity contribution is 5.95. The van der Waals surface area contributed by atoms with Crippen molar-refractivity contribution < 1.29 is 9.72 Å². The molecule has 0 aliphatic heterocycles. The van der Waals surface area contributed by atoms with Crippen LogP contribution < -0.4 is 5.56 Å². The van der Waals surface area contributed by atoms with Crippen LogP contribution >= 0.6 is 0 Å². The van der Waals surface area contributed by atoms with Crippen molar-refractivity contribution in [1.29, 1.82) is 0 Å². The molecule has 0 aliphatic carbocycles. The van der Waals surface area contributed by atoms with Crippen molar-refractivity contribution >= 4 is 22.5 Å². The minimum absolute atomic E-state index is 0.110. The summed E-state index contributed by atoms with van der Waals surface area (Å²) in [7, 11) is 0. The number of fused-ring (bicyclic) bond motifs is 1. The number of nitro benzene ring substituents is 1. The van der Waals surface area contributed by atoms with Crippen molar-refractivity contribution in [2.24, 2.45) is 0 Å². The van der Waals surface area contributed by atoms with Gasteiger partial charge in [-0.25, -0.2) is 0 Å². The fourth-order valence-corrected chi connectivity index (χ4v) is 2.90. The van der Waals surface area contributed by atoms with Crippen molar-refractivity contribution in [1.82, 2.24) is 9.88 Å². The Kier molecular flexibility index (Phi) is 5.03. The van der Waals surface area contributed by atoms with Crippen molar-refractivity contribution in [2.45, 2.75) is 26.4 Å². The molecule has 1 heterocycles. The molecule has 2 aromatic carbocycles. The van der Waals surface area contributed by atoms with Gasteiger partial charge in [-0.15, -0.1) is 0 Å². The van der Waals surface area contributed by atoms with Crippen LogP contribution in [0.4, 0.5) is 5.69 Å². The van der Waals surface area contributed by atoms with Gasteiger partial charge < -0.3 is 9.88 Å². The number of para-hydroxylation sites is 1. The molecule has 1 amide bonds. The number of hydrogen-bond acceptors (Lipinski definition) is 4. The smallest absolute Gasteiger partial charge is 0.270 e. The van der Waals surface area contributed by atoms with Gasteiger partial charge in [0.1, 0.15) is 0 Å². The van der Waals surface area contributed by atoms with E-state index < -0.39 is 4.92 Å². The average Bonchev–Trinajstić information content (AvgIpc) is 2.65. The van der Waals surface area contributed by atoms with E-state index in [9.17, 15) is 19.7 Å². The molecule has 0 spiro atoms. The number of aromatic amines is 1. The van der Waals surface area contributed by atoms with E-state index >= 15 is 0 Å². The van der Waals surface area contributed by atoms with Gasteiger partial charge in [0.15, 0.2) is 0 Å². The van der Waals surface area contributed by atoms with Crippen LogP contribution in [0.5, 0.6) is 0 Å². The summed E-state index contributed by atoms with van der Waals surface area (Å²) in [4.78, 5) is 40.1. The lowest BCUT2D eigenvalue weighted by molar-refractivity contribution is -0.384. The molecule has 0 saturated heterocycles. The molecule has 0 fully saturated rings. The number of benzene rings is 2. The molecular weight excluding hydrogens is 346 g/mol.